The molecule has 0 spiro atoms. The van der Waals surface area contributed by atoms with Crippen LogP contribution in [0.25, 0.3) is 6.08 Å². The lowest BCUT2D eigenvalue weighted by atomic mass is 10.1. The summed E-state index contributed by atoms with van der Waals surface area (Å²) < 4.78 is 21.3. The van der Waals surface area contributed by atoms with Crippen molar-refractivity contribution in [2.75, 3.05) is 27.9 Å². The zero-order valence-corrected chi connectivity index (χ0v) is 19.4. The van der Waals surface area contributed by atoms with E-state index < -0.39 is 5.97 Å². The molecule has 0 fully saturated rings. The third kappa shape index (κ3) is 4.91. The highest BCUT2D eigenvalue weighted by atomic mass is 32.2. The first-order valence-corrected chi connectivity index (χ1v) is 10.7. The molecule has 0 aromatic heterocycles. The summed E-state index contributed by atoms with van der Waals surface area (Å²) in [5.41, 5.74) is 2.49. The Morgan fingerprint density at radius 2 is 1.69 bits per heavy atom. The molecule has 1 aliphatic heterocycles. The summed E-state index contributed by atoms with van der Waals surface area (Å²) in [6, 6.07) is 11.1. The average molecular weight is 456 g/mol. The van der Waals surface area contributed by atoms with E-state index in [1.807, 2.05) is 31.2 Å². The Kier molecular flexibility index (Phi) is 7.48. The van der Waals surface area contributed by atoms with Crippen molar-refractivity contribution in [1.82, 2.24) is 0 Å². The highest BCUT2D eigenvalue weighted by molar-refractivity contribution is 8.18. The van der Waals surface area contributed by atoms with Gasteiger partial charge in [-0.2, -0.15) is 0 Å². The van der Waals surface area contributed by atoms with Crippen LogP contribution in [0.2, 0.25) is 0 Å². The first-order valence-electron chi connectivity index (χ1n) is 9.87. The molecule has 0 amide bonds. The van der Waals surface area contributed by atoms with Crippen molar-refractivity contribution in [3.05, 3.63) is 63.8 Å². The van der Waals surface area contributed by atoms with Gasteiger partial charge in [0.05, 0.1) is 38.5 Å². The maximum atomic E-state index is 12.6. The molecule has 2 aromatic rings. The van der Waals surface area contributed by atoms with Gasteiger partial charge in [0.1, 0.15) is 16.4 Å². The number of benzene rings is 2. The largest absolute Gasteiger partial charge is 0.506 e. The van der Waals surface area contributed by atoms with Crippen molar-refractivity contribution in [3.63, 3.8) is 0 Å². The molecule has 7 nitrogen and oxygen atoms in total. The Morgan fingerprint density at radius 3 is 2.22 bits per heavy atom. The Morgan fingerprint density at radius 1 is 1.06 bits per heavy atom. The van der Waals surface area contributed by atoms with Crippen molar-refractivity contribution in [2.45, 2.75) is 13.8 Å². The van der Waals surface area contributed by atoms with Crippen LogP contribution in [0.1, 0.15) is 18.1 Å². The number of thioether (sulfide) groups is 1. The van der Waals surface area contributed by atoms with Crippen LogP contribution < -0.4 is 14.2 Å². The number of aryl methyl sites for hydroxylation is 1. The SMILES string of the molecule is CCOC(=O)C1=C(O)/C(=C\c2cc(OC)c(OC)c(OC)c2)SC1=Nc1ccc(C)cc1. The fraction of sp³-hybridized carbons (Fsp3) is 0.250. The first kappa shape index (κ1) is 23.3. The van der Waals surface area contributed by atoms with Gasteiger partial charge in [0.2, 0.25) is 5.75 Å². The van der Waals surface area contributed by atoms with Gasteiger partial charge in [0.25, 0.3) is 0 Å². The van der Waals surface area contributed by atoms with Gasteiger partial charge in [-0.1, -0.05) is 29.5 Å². The molecule has 0 atom stereocenters. The van der Waals surface area contributed by atoms with E-state index in [4.69, 9.17) is 18.9 Å². The van der Waals surface area contributed by atoms with Crippen molar-refractivity contribution >= 4 is 34.5 Å². The van der Waals surface area contributed by atoms with Gasteiger partial charge < -0.3 is 24.1 Å². The summed E-state index contributed by atoms with van der Waals surface area (Å²) in [4.78, 5) is 17.6. The number of nitrogens with zero attached hydrogens (tertiary/aromatic N) is 1. The van der Waals surface area contributed by atoms with Crippen LogP contribution in [-0.4, -0.2) is 44.1 Å². The molecule has 0 saturated heterocycles. The number of aliphatic hydroxyl groups is 1. The predicted octanol–water partition coefficient (Wildman–Crippen LogP) is 5.21. The van der Waals surface area contributed by atoms with E-state index in [9.17, 15) is 9.90 Å². The van der Waals surface area contributed by atoms with Gasteiger partial charge in [-0.25, -0.2) is 9.79 Å². The summed E-state index contributed by atoms with van der Waals surface area (Å²) in [5, 5.41) is 11.2. The molecule has 0 unspecified atom stereocenters. The van der Waals surface area contributed by atoms with E-state index in [2.05, 4.69) is 4.99 Å². The quantitative estimate of drug-likeness (QED) is 0.573. The Bertz CT molecular complexity index is 1080. The summed E-state index contributed by atoms with van der Waals surface area (Å²) in [5.74, 6) is 0.600. The molecule has 1 aliphatic rings. The van der Waals surface area contributed by atoms with Crippen LogP contribution in [0.3, 0.4) is 0 Å². The standard InChI is InChI=1S/C24H25NO6S/c1-6-31-24(27)20-21(26)19(32-23(20)25-16-9-7-14(2)8-10-16)13-15-11-17(28-3)22(30-5)18(12-15)29-4/h7-13,26H,6H2,1-5H3/b19-13+,25-23?. The molecular weight excluding hydrogens is 430 g/mol. The second-order valence-corrected chi connectivity index (χ2v) is 7.80. The van der Waals surface area contributed by atoms with Gasteiger partial charge in [-0.3, -0.25) is 0 Å². The van der Waals surface area contributed by atoms with Gasteiger partial charge in [0, 0.05) is 0 Å². The summed E-state index contributed by atoms with van der Waals surface area (Å²) in [7, 11) is 4.58. The van der Waals surface area contributed by atoms with Gasteiger partial charge in [-0.05, 0) is 49.8 Å². The van der Waals surface area contributed by atoms with Crippen molar-refractivity contribution < 1.29 is 28.8 Å². The van der Waals surface area contributed by atoms with Crippen LogP contribution >= 0.6 is 11.8 Å². The molecule has 0 saturated carbocycles. The summed E-state index contributed by atoms with van der Waals surface area (Å²) in [6.07, 6.45) is 1.72. The van der Waals surface area contributed by atoms with E-state index in [0.717, 1.165) is 5.56 Å². The number of hydrogen-bond donors (Lipinski definition) is 1. The number of hydrogen-bond acceptors (Lipinski definition) is 8. The zero-order chi connectivity index (χ0) is 23.3. The van der Waals surface area contributed by atoms with Crippen LogP contribution in [0.4, 0.5) is 5.69 Å². The lowest BCUT2D eigenvalue weighted by molar-refractivity contribution is -0.138. The van der Waals surface area contributed by atoms with Gasteiger partial charge in [-0.15, -0.1) is 0 Å². The molecule has 3 rings (SSSR count). The Balaban J connectivity index is 2.08. The van der Waals surface area contributed by atoms with E-state index in [1.165, 1.54) is 33.1 Å². The summed E-state index contributed by atoms with van der Waals surface area (Å²) in [6.45, 7) is 3.88. The number of carbonyl (C=O) groups excluding carboxylic acids is 1. The molecule has 168 valence electrons. The zero-order valence-electron chi connectivity index (χ0n) is 18.6. The van der Waals surface area contributed by atoms with Gasteiger partial charge in [0.15, 0.2) is 11.5 Å². The number of carbonyl (C=O) groups is 1. The average Bonchev–Trinajstić information content (AvgIpc) is 3.09. The minimum atomic E-state index is -0.628. The van der Waals surface area contributed by atoms with E-state index in [1.54, 1.807) is 25.1 Å². The molecule has 2 aromatic carbocycles. The van der Waals surface area contributed by atoms with Crippen LogP contribution in [0, 0.1) is 6.92 Å². The van der Waals surface area contributed by atoms with Crippen molar-refractivity contribution in [3.8, 4) is 17.2 Å². The molecular formula is C24H25NO6S. The fourth-order valence-corrected chi connectivity index (χ4v) is 4.10. The van der Waals surface area contributed by atoms with Crippen LogP contribution in [0.5, 0.6) is 17.2 Å². The minimum absolute atomic E-state index is 0.0381. The maximum absolute atomic E-state index is 12.6. The molecule has 1 N–H and O–H groups in total. The normalized spacial score (nSPS) is 15.9. The lowest BCUT2D eigenvalue weighted by Crippen LogP contribution is -2.12. The number of esters is 1. The molecule has 0 aliphatic carbocycles. The smallest absolute Gasteiger partial charge is 0.344 e. The van der Waals surface area contributed by atoms with Crippen LogP contribution in [0.15, 0.2) is 57.6 Å². The van der Waals surface area contributed by atoms with Crippen molar-refractivity contribution in [2.24, 2.45) is 4.99 Å². The monoisotopic (exact) mass is 455 g/mol. The number of rotatable bonds is 7. The molecule has 0 radical (unpaired) electrons. The number of aliphatic hydroxyl groups excluding tert-OH is 1. The fourth-order valence-electron chi connectivity index (χ4n) is 3.06. The number of methoxy groups -OCH3 is 3. The highest BCUT2D eigenvalue weighted by Gasteiger charge is 2.33. The van der Waals surface area contributed by atoms with E-state index >= 15 is 0 Å². The maximum Gasteiger partial charge on any atom is 0.344 e. The number of ether oxygens (including phenoxy) is 4. The minimum Gasteiger partial charge on any atom is -0.506 e. The summed E-state index contributed by atoms with van der Waals surface area (Å²) >= 11 is 1.19. The molecule has 1 heterocycles. The van der Waals surface area contributed by atoms with Gasteiger partial charge >= 0.3 is 5.97 Å². The van der Waals surface area contributed by atoms with E-state index in [-0.39, 0.29) is 17.9 Å². The molecule has 8 heteroatoms. The lowest BCUT2D eigenvalue weighted by Gasteiger charge is -2.13. The molecule has 32 heavy (non-hydrogen) atoms. The predicted molar refractivity (Wildman–Crippen MR) is 126 cm³/mol. The second kappa shape index (κ2) is 10.3. The topological polar surface area (TPSA) is 86.6 Å². The van der Waals surface area contributed by atoms with Crippen molar-refractivity contribution in [1.29, 1.82) is 0 Å². The third-order valence-corrected chi connectivity index (χ3v) is 5.64. The highest BCUT2D eigenvalue weighted by Crippen LogP contribution is 2.43. The Hall–Kier alpha value is -3.39. The second-order valence-electron chi connectivity index (χ2n) is 6.77. The number of aliphatic imine (C=N–C) groups is 1. The first-order chi connectivity index (χ1) is 15.4. The Labute approximate surface area is 191 Å². The van der Waals surface area contributed by atoms with E-state index in [0.29, 0.717) is 38.4 Å². The third-order valence-electron chi connectivity index (χ3n) is 4.62. The molecule has 0 bridgehead atoms. The van der Waals surface area contributed by atoms with Crippen LogP contribution in [-0.2, 0) is 9.53 Å².